The summed E-state index contributed by atoms with van der Waals surface area (Å²) in [6.07, 6.45) is 2.52. The molecule has 0 saturated carbocycles. The van der Waals surface area contributed by atoms with Gasteiger partial charge in [-0.25, -0.2) is 9.78 Å². The highest BCUT2D eigenvalue weighted by atomic mass is 79.9. The smallest absolute Gasteiger partial charge is 0.360 e. The van der Waals surface area contributed by atoms with Crippen LogP contribution in [0.25, 0.3) is 10.8 Å². The number of aromatic hydroxyl groups is 1. The maximum atomic E-state index is 12.3. The third-order valence-electron chi connectivity index (χ3n) is 4.72. The number of hydrogen-bond donors (Lipinski definition) is 1. The van der Waals surface area contributed by atoms with E-state index in [-0.39, 0.29) is 18.1 Å². The van der Waals surface area contributed by atoms with Crippen LogP contribution < -0.4 is 9.47 Å². The maximum absolute atomic E-state index is 12.3. The lowest BCUT2D eigenvalue weighted by Crippen LogP contribution is -2.09. The van der Waals surface area contributed by atoms with Gasteiger partial charge in [-0.3, -0.25) is 0 Å². The lowest BCUT2D eigenvalue weighted by atomic mass is 10.1. The predicted octanol–water partition coefficient (Wildman–Crippen LogP) is 5.39. The number of aromatic nitrogens is 1. The number of hydrogen-bond acceptors (Lipinski definition) is 6. The highest BCUT2D eigenvalue weighted by Gasteiger charge is 2.20. The van der Waals surface area contributed by atoms with Crippen molar-refractivity contribution >= 4 is 32.7 Å². The molecular formula is C22H20BrNO5. The first-order chi connectivity index (χ1) is 14.1. The largest absolute Gasteiger partial charge is 0.505 e. The normalized spacial score (nSPS) is 12.5. The average Bonchev–Trinajstić information content (AvgIpc) is 3.18. The van der Waals surface area contributed by atoms with Gasteiger partial charge in [-0.05, 0) is 58.7 Å². The summed E-state index contributed by atoms with van der Waals surface area (Å²) in [5.74, 6) is 1.23. The van der Waals surface area contributed by atoms with Crippen LogP contribution in [-0.4, -0.2) is 29.3 Å². The van der Waals surface area contributed by atoms with Crippen LogP contribution in [0.5, 0.6) is 23.0 Å². The Morgan fingerprint density at radius 1 is 1.21 bits per heavy atom. The van der Waals surface area contributed by atoms with Gasteiger partial charge in [-0.1, -0.05) is 13.3 Å². The summed E-state index contributed by atoms with van der Waals surface area (Å²) >= 11 is 3.37. The van der Waals surface area contributed by atoms with Crippen LogP contribution in [0.15, 0.2) is 41.0 Å². The van der Waals surface area contributed by atoms with E-state index in [1.165, 1.54) is 0 Å². The molecule has 0 unspecified atom stereocenters. The lowest BCUT2D eigenvalue weighted by molar-refractivity contribution is 0.0489. The monoisotopic (exact) mass is 457 g/mol. The Kier molecular flexibility index (Phi) is 5.58. The second-order valence-electron chi connectivity index (χ2n) is 6.77. The molecule has 7 heteroatoms. The number of esters is 1. The minimum Gasteiger partial charge on any atom is -0.505 e. The Balaban J connectivity index is 1.65. The summed E-state index contributed by atoms with van der Waals surface area (Å²) < 4.78 is 17.1. The van der Waals surface area contributed by atoms with Crippen molar-refractivity contribution in [1.29, 1.82) is 0 Å². The number of carbonyl (C=O) groups excluding carboxylic acids is 1. The summed E-state index contributed by atoms with van der Waals surface area (Å²) in [5, 5.41) is 11.8. The number of halogens is 1. The molecule has 1 aliphatic heterocycles. The molecule has 0 aliphatic carbocycles. The van der Waals surface area contributed by atoms with E-state index in [2.05, 4.69) is 20.9 Å². The first kappa shape index (κ1) is 19.5. The summed E-state index contributed by atoms with van der Waals surface area (Å²) in [7, 11) is 0. The van der Waals surface area contributed by atoms with E-state index in [1.807, 2.05) is 25.1 Å². The molecule has 0 fully saturated rings. The fourth-order valence-electron chi connectivity index (χ4n) is 3.18. The number of nitrogens with zero attached hydrogens (tertiary/aromatic N) is 1. The third kappa shape index (κ3) is 4.00. The van der Waals surface area contributed by atoms with E-state index in [4.69, 9.17) is 14.2 Å². The zero-order chi connectivity index (χ0) is 20.4. The second-order valence-corrected chi connectivity index (χ2v) is 7.52. The van der Waals surface area contributed by atoms with Crippen LogP contribution in [0.4, 0.5) is 0 Å². The zero-order valence-corrected chi connectivity index (χ0v) is 17.5. The fraction of sp³-hybridized carbons (Fsp3) is 0.273. The van der Waals surface area contributed by atoms with Gasteiger partial charge in [-0.2, -0.15) is 0 Å². The maximum Gasteiger partial charge on any atom is 0.360 e. The number of ether oxygens (including phenoxy) is 3. The van der Waals surface area contributed by atoms with Gasteiger partial charge < -0.3 is 19.3 Å². The Hall–Kier alpha value is -2.80. The Bertz CT molecular complexity index is 1080. The van der Waals surface area contributed by atoms with E-state index in [9.17, 15) is 9.90 Å². The van der Waals surface area contributed by atoms with E-state index in [0.29, 0.717) is 33.5 Å². The minimum atomic E-state index is -0.650. The van der Waals surface area contributed by atoms with Gasteiger partial charge in [0, 0.05) is 22.8 Å². The zero-order valence-electron chi connectivity index (χ0n) is 15.9. The number of rotatable bonds is 6. The van der Waals surface area contributed by atoms with Gasteiger partial charge in [0.25, 0.3) is 0 Å². The molecule has 29 heavy (non-hydrogen) atoms. The molecular weight excluding hydrogens is 438 g/mol. The first-order valence-electron chi connectivity index (χ1n) is 9.49. The molecule has 0 saturated heterocycles. The lowest BCUT2D eigenvalue weighted by Gasteiger charge is -2.12. The van der Waals surface area contributed by atoms with Crippen LogP contribution in [0, 0.1) is 0 Å². The minimum absolute atomic E-state index is 0.118. The highest BCUT2D eigenvalue weighted by molar-refractivity contribution is 9.10. The molecule has 0 atom stereocenters. The van der Waals surface area contributed by atoms with Gasteiger partial charge in [-0.15, -0.1) is 0 Å². The van der Waals surface area contributed by atoms with Crippen molar-refractivity contribution in [3.05, 3.63) is 52.3 Å². The SMILES string of the molecule is CCCCOC(=O)c1nc(Br)c2ccc(Oc3ccc4c(c3)CCO4)cc2c1O. The topological polar surface area (TPSA) is 77.9 Å². The number of fused-ring (bicyclic) bond motifs is 2. The van der Waals surface area contributed by atoms with Gasteiger partial charge in [0.1, 0.15) is 21.9 Å². The molecule has 1 aromatic heterocycles. The Labute approximate surface area is 176 Å². The number of benzene rings is 2. The van der Waals surface area contributed by atoms with Crippen LogP contribution in [0.1, 0.15) is 35.8 Å². The molecule has 0 radical (unpaired) electrons. The van der Waals surface area contributed by atoms with Crippen molar-refractivity contribution in [3.63, 3.8) is 0 Å². The molecule has 0 spiro atoms. The van der Waals surface area contributed by atoms with Crippen LogP contribution in [0.3, 0.4) is 0 Å². The molecule has 0 bridgehead atoms. The summed E-state index contributed by atoms with van der Waals surface area (Å²) in [6.45, 7) is 2.98. The van der Waals surface area contributed by atoms with E-state index >= 15 is 0 Å². The van der Waals surface area contributed by atoms with Gasteiger partial charge in [0.05, 0.1) is 13.2 Å². The summed E-state index contributed by atoms with van der Waals surface area (Å²) in [5.41, 5.74) is 0.988. The predicted molar refractivity (Wildman–Crippen MR) is 112 cm³/mol. The van der Waals surface area contributed by atoms with Crippen molar-refractivity contribution in [3.8, 4) is 23.0 Å². The average molecular weight is 458 g/mol. The van der Waals surface area contributed by atoms with E-state index in [1.54, 1.807) is 18.2 Å². The molecule has 1 N–H and O–H groups in total. The number of unbranched alkanes of at least 4 members (excludes halogenated alkanes) is 1. The second kappa shape index (κ2) is 8.29. The van der Waals surface area contributed by atoms with Crippen molar-refractivity contribution < 1.29 is 24.1 Å². The quantitative estimate of drug-likeness (QED) is 0.303. The molecule has 2 heterocycles. The van der Waals surface area contributed by atoms with Crippen molar-refractivity contribution in [1.82, 2.24) is 4.98 Å². The molecule has 150 valence electrons. The first-order valence-corrected chi connectivity index (χ1v) is 10.3. The summed E-state index contributed by atoms with van der Waals surface area (Å²) in [6, 6.07) is 10.9. The molecule has 6 nitrogen and oxygen atoms in total. The van der Waals surface area contributed by atoms with Crippen molar-refractivity contribution in [2.24, 2.45) is 0 Å². The van der Waals surface area contributed by atoms with E-state index in [0.717, 1.165) is 30.6 Å². The van der Waals surface area contributed by atoms with Crippen LogP contribution in [-0.2, 0) is 11.2 Å². The number of carbonyl (C=O) groups is 1. The fourth-order valence-corrected chi connectivity index (χ4v) is 3.71. The van der Waals surface area contributed by atoms with Gasteiger partial charge in [0.2, 0.25) is 0 Å². The molecule has 2 aromatic carbocycles. The van der Waals surface area contributed by atoms with Crippen LogP contribution in [0.2, 0.25) is 0 Å². The van der Waals surface area contributed by atoms with Gasteiger partial charge in [0.15, 0.2) is 11.4 Å². The Morgan fingerprint density at radius 3 is 2.83 bits per heavy atom. The molecule has 4 rings (SSSR count). The summed E-state index contributed by atoms with van der Waals surface area (Å²) in [4.78, 5) is 16.5. The van der Waals surface area contributed by atoms with Crippen LogP contribution >= 0.6 is 15.9 Å². The number of pyridine rings is 1. The molecule has 0 amide bonds. The standard InChI is InChI=1S/C22H20BrNO5/c1-2-3-9-28-22(26)19-20(25)17-12-15(4-6-16(17)21(23)24-19)29-14-5-7-18-13(11-14)8-10-27-18/h4-7,11-12,25H,2-3,8-10H2,1H3. The molecule has 1 aliphatic rings. The Morgan fingerprint density at radius 2 is 2.00 bits per heavy atom. The van der Waals surface area contributed by atoms with E-state index < -0.39 is 5.97 Å². The molecule has 3 aromatic rings. The third-order valence-corrected chi connectivity index (χ3v) is 5.33. The highest BCUT2D eigenvalue weighted by Crippen LogP contribution is 2.37. The van der Waals surface area contributed by atoms with Crippen molar-refractivity contribution in [2.45, 2.75) is 26.2 Å². The van der Waals surface area contributed by atoms with Gasteiger partial charge >= 0.3 is 5.97 Å². The van der Waals surface area contributed by atoms with Crippen molar-refractivity contribution in [2.75, 3.05) is 13.2 Å².